The molecule has 24 heavy (non-hydrogen) atoms. The van der Waals surface area contributed by atoms with Gasteiger partial charge in [-0.15, -0.1) is 0 Å². The van der Waals surface area contributed by atoms with Gasteiger partial charge in [0, 0.05) is 5.56 Å². The molecular weight excluding hydrogens is 358 g/mol. The van der Waals surface area contributed by atoms with E-state index in [2.05, 4.69) is 10.1 Å². The van der Waals surface area contributed by atoms with Gasteiger partial charge in [0.15, 0.2) is 6.61 Å². The zero-order valence-corrected chi connectivity index (χ0v) is 13.5. The number of esters is 1. The van der Waals surface area contributed by atoms with Gasteiger partial charge in [0.25, 0.3) is 5.89 Å². The topological polar surface area (TPSA) is 65.2 Å². The van der Waals surface area contributed by atoms with E-state index < -0.39 is 11.8 Å². The summed E-state index contributed by atoms with van der Waals surface area (Å²) in [5.74, 6) is -0.890. The fourth-order valence-electron chi connectivity index (χ4n) is 1.93. The third kappa shape index (κ3) is 3.55. The van der Waals surface area contributed by atoms with Crippen LogP contribution in [0, 0.1) is 5.82 Å². The SMILES string of the molecule is O=C(OCc1nc(-c2ccccc2Cl)no1)c1ccc(F)cc1Cl. The molecule has 0 amide bonds. The Labute approximate surface area is 146 Å². The predicted octanol–water partition coefficient (Wildman–Crippen LogP) is 4.54. The number of benzene rings is 2. The lowest BCUT2D eigenvalue weighted by Crippen LogP contribution is -2.06. The zero-order valence-electron chi connectivity index (χ0n) is 12.0. The number of hydrogen-bond acceptors (Lipinski definition) is 5. The quantitative estimate of drug-likeness (QED) is 0.634. The molecule has 0 fully saturated rings. The Bertz CT molecular complexity index is 899. The van der Waals surface area contributed by atoms with E-state index in [4.69, 9.17) is 32.5 Å². The van der Waals surface area contributed by atoms with E-state index in [9.17, 15) is 9.18 Å². The van der Waals surface area contributed by atoms with E-state index in [0.29, 0.717) is 10.6 Å². The molecule has 0 atom stereocenters. The third-order valence-corrected chi connectivity index (χ3v) is 3.70. The number of rotatable bonds is 4. The largest absolute Gasteiger partial charge is 0.452 e. The average molecular weight is 367 g/mol. The Kier molecular flexibility index (Phi) is 4.78. The second kappa shape index (κ2) is 6.98. The standard InChI is InChI=1S/C16H9Cl2FN2O3/c17-12-4-2-1-3-10(12)15-20-14(24-21-15)8-23-16(22)11-6-5-9(19)7-13(11)18/h1-7H,8H2. The van der Waals surface area contributed by atoms with Gasteiger partial charge in [-0.05, 0) is 30.3 Å². The Morgan fingerprint density at radius 2 is 1.96 bits per heavy atom. The van der Waals surface area contributed by atoms with Crippen molar-refractivity contribution in [2.24, 2.45) is 0 Å². The Morgan fingerprint density at radius 1 is 1.17 bits per heavy atom. The van der Waals surface area contributed by atoms with E-state index in [-0.39, 0.29) is 28.9 Å². The van der Waals surface area contributed by atoms with Crippen LogP contribution in [0.25, 0.3) is 11.4 Å². The highest BCUT2D eigenvalue weighted by atomic mass is 35.5. The summed E-state index contributed by atoms with van der Waals surface area (Å²) in [5.41, 5.74) is 0.644. The highest BCUT2D eigenvalue weighted by molar-refractivity contribution is 6.33. The maximum atomic E-state index is 13.0. The van der Waals surface area contributed by atoms with Crippen LogP contribution in [0.15, 0.2) is 47.0 Å². The van der Waals surface area contributed by atoms with Crippen molar-refractivity contribution in [2.45, 2.75) is 6.61 Å². The minimum atomic E-state index is -0.725. The molecule has 0 saturated heterocycles. The fraction of sp³-hybridized carbons (Fsp3) is 0.0625. The second-order valence-electron chi connectivity index (χ2n) is 4.69. The van der Waals surface area contributed by atoms with Gasteiger partial charge in [-0.3, -0.25) is 0 Å². The number of halogens is 3. The smallest absolute Gasteiger partial charge is 0.340 e. The monoisotopic (exact) mass is 366 g/mol. The van der Waals surface area contributed by atoms with Crippen molar-refractivity contribution >= 4 is 29.2 Å². The van der Waals surface area contributed by atoms with Gasteiger partial charge >= 0.3 is 5.97 Å². The Balaban J connectivity index is 1.69. The molecule has 1 heterocycles. The van der Waals surface area contributed by atoms with Gasteiger partial charge in [-0.1, -0.05) is 40.5 Å². The number of aromatic nitrogens is 2. The van der Waals surface area contributed by atoms with E-state index >= 15 is 0 Å². The lowest BCUT2D eigenvalue weighted by atomic mass is 10.2. The van der Waals surface area contributed by atoms with Crippen molar-refractivity contribution in [2.75, 3.05) is 0 Å². The first-order valence-electron chi connectivity index (χ1n) is 6.74. The lowest BCUT2D eigenvalue weighted by Gasteiger charge is -2.03. The van der Waals surface area contributed by atoms with Crippen LogP contribution in [-0.2, 0) is 11.3 Å². The molecular formula is C16H9Cl2FN2O3. The van der Waals surface area contributed by atoms with E-state index in [1.54, 1.807) is 24.3 Å². The molecule has 0 aliphatic rings. The molecule has 0 bridgehead atoms. The molecule has 2 aromatic carbocycles. The van der Waals surface area contributed by atoms with Gasteiger partial charge in [-0.2, -0.15) is 4.98 Å². The summed E-state index contributed by atoms with van der Waals surface area (Å²) in [4.78, 5) is 16.1. The maximum absolute atomic E-state index is 13.0. The summed E-state index contributed by atoms with van der Waals surface area (Å²) >= 11 is 11.9. The van der Waals surface area contributed by atoms with Crippen molar-refractivity contribution in [3.05, 3.63) is 69.8 Å². The molecule has 8 heteroatoms. The van der Waals surface area contributed by atoms with Crippen molar-refractivity contribution in [1.29, 1.82) is 0 Å². The Hall–Kier alpha value is -2.44. The number of ether oxygens (including phenoxy) is 1. The second-order valence-corrected chi connectivity index (χ2v) is 5.51. The van der Waals surface area contributed by atoms with Gasteiger partial charge in [-0.25, -0.2) is 9.18 Å². The summed E-state index contributed by atoms with van der Waals surface area (Å²) in [6.07, 6.45) is 0. The van der Waals surface area contributed by atoms with Gasteiger partial charge in [0.2, 0.25) is 5.82 Å². The Morgan fingerprint density at radius 3 is 2.71 bits per heavy atom. The first-order chi connectivity index (χ1) is 11.5. The zero-order chi connectivity index (χ0) is 17.1. The van der Waals surface area contributed by atoms with E-state index in [1.165, 1.54) is 6.07 Å². The number of carbonyl (C=O) groups is 1. The molecule has 0 N–H and O–H groups in total. The molecule has 0 spiro atoms. The fourth-order valence-corrected chi connectivity index (χ4v) is 2.39. The number of nitrogens with zero attached hydrogens (tertiary/aromatic N) is 2. The number of carbonyl (C=O) groups excluding carboxylic acids is 1. The first-order valence-corrected chi connectivity index (χ1v) is 7.50. The van der Waals surface area contributed by atoms with Crippen molar-refractivity contribution in [3.8, 4) is 11.4 Å². The molecule has 0 radical (unpaired) electrons. The highest BCUT2D eigenvalue weighted by Crippen LogP contribution is 2.25. The summed E-state index contributed by atoms with van der Waals surface area (Å²) in [6, 6.07) is 10.4. The maximum Gasteiger partial charge on any atom is 0.340 e. The molecule has 1 aromatic heterocycles. The van der Waals surface area contributed by atoms with Crippen molar-refractivity contribution in [1.82, 2.24) is 10.1 Å². The molecule has 0 aliphatic heterocycles. The van der Waals surface area contributed by atoms with Crippen LogP contribution >= 0.6 is 23.2 Å². The minimum Gasteiger partial charge on any atom is -0.452 e. The van der Waals surface area contributed by atoms with E-state index in [1.807, 2.05) is 0 Å². The molecule has 0 saturated carbocycles. The number of hydrogen-bond donors (Lipinski definition) is 0. The van der Waals surface area contributed by atoms with Crippen LogP contribution in [0.2, 0.25) is 10.0 Å². The predicted molar refractivity (Wildman–Crippen MR) is 85.3 cm³/mol. The first kappa shape index (κ1) is 16.4. The van der Waals surface area contributed by atoms with Crippen LogP contribution in [0.3, 0.4) is 0 Å². The third-order valence-electron chi connectivity index (χ3n) is 3.06. The van der Waals surface area contributed by atoms with Crippen molar-refractivity contribution < 1.29 is 18.4 Å². The van der Waals surface area contributed by atoms with Gasteiger partial charge < -0.3 is 9.26 Å². The van der Waals surface area contributed by atoms with Crippen LogP contribution in [-0.4, -0.2) is 16.1 Å². The molecule has 3 rings (SSSR count). The van der Waals surface area contributed by atoms with Gasteiger partial charge in [0.1, 0.15) is 5.82 Å². The summed E-state index contributed by atoms with van der Waals surface area (Å²) in [7, 11) is 0. The summed E-state index contributed by atoms with van der Waals surface area (Å²) in [5, 5.41) is 4.22. The molecule has 3 aromatic rings. The summed E-state index contributed by atoms with van der Waals surface area (Å²) < 4.78 is 23.0. The average Bonchev–Trinajstić information content (AvgIpc) is 3.02. The van der Waals surface area contributed by atoms with Crippen LogP contribution in [0.1, 0.15) is 16.2 Å². The van der Waals surface area contributed by atoms with Crippen LogP contribution < -0.4 is 0 Å². The lowest BCUT2D eigenvalue weighted by molar-refractivity contribution is 0.0430. The van der Waals surface area contributed by atoms with Crippen LogP contribution in [0.4, 0.5) is 4.39 Å². The minimum absolute atomic E-state index is 0.0396. The highest BCUT2D eigenvalue weighted by Gasteiger charge is 2.16. The molecule has 122 valence electrons. The van der Waals surface area contributed by atoms with E-state index in [0.717, 1.165) is 12.1 Å². The molecule has 0 unspecified atom stereocenters. The molecule has 5 nitrogen and oxygen atoms in total. The summed E-state index contributed by atoms with van der Waals surface area (Å²) in [6.45, 7) is -0.246. The molecule has 0 aliphatic carbocycles. The normalized spacial score (nSPS) is 10.6. The van der Waals surface area contributed by atoms with Crippen LogP contribution in [0.5, 0.6) is 0 Å². The van der Waals surface area contributed by atoms with Crippen molar-refractivity contribution in [3.63, 3.8) is 0 Å². The van der Waals surface area contributed by atoms with Gasteiger partial charge in [0.05, 0.1) is 15.6 Å².